The van der Waals surface area contributed by atoms with Crippen LogP contribution in [0.1, 0.15) is 0 Å². The van der Waals surface area contributed by atoms with Crippen LogP contribution in [0.5, 0.6) is 0 Å². The van der Waals surface area contributed by atoms with E-state index in [9.17, 15) is 18.5 Å². The van der Waals surface area contributed by atoms with Gasteiger partial charge in [-0.25, -0.2) is 13.1 Å². The number of hydrogen-bond donors (Lipinski definition) is 2. The van der Waals surface area contributed by atoms with Gasteiger partial charge in [0, 0.05) is 18.7 Å². The Kier molecular flexibility index (Phi) is 17.4. The third-order valence-corrected chi connectivity index (χ3v) is 5.47. The van der Waals surface area contributed by atoms with E-state index in [0.717, 1.165) is 12.1 Å². The Balaban J connectivity index is 1.87. The molecule has 0 aliphatic carbocycles. The maximum atomic E-state index is 12.1. The molecule has 1 rings (SSSR count). The third kappa shape index (κ3) is 15.2. The van der Waals surface area contributed by atoms with Crippen LogP contribution >= 0.6 is 0 Å². The summed E-state index contributed by atoms with van der Waals surface area (Å²) in [5.74, 6) is 0. The Morgan fingerprint density at radius 2 is 1.09 bits per heavy atom. The lowest BCUT2D eigenvalue weighted by Gasteiger charge is -2.09. The SMILES string of the molecule is O=[N+]([O-])c1ccc(S(=O)(=O)NCCOCCOCCOCCOCCOCCOCCO)cc1. The quantitative estimate of drug-likeness (QED) is 0.115. The molecule has 0 radical (unpaired) electrons. The molecular weight excluding hydrogens is 476 g/mol. The first-order chi connectivity index (χ1) is 16.5. The van der Waals surface area contributed by atoms with Crippen LogP contribution in [0.3, 0.4) is 0 Å². The van der Waals surface area contributed by atoms with Crippen molar-refractivity contribution in [3.63, 3.8) is 0 Å². The highest BCUT2D eigenvalue weighted by atomic mass is 32.2. The monoisotopic (exact) mass is 510 g/mol. The number of non-ortho nitro benzene ring substituents is 1. The van der Waals surface area contributed by atoms with Crippen LogP contribution in [-0.2, 0) is 38.4 Å². The molecule has 0 aliphatic rings. The number of aliphatic hydroxyl groups is 1. The predicted molar refractivity (Wildman–Crippen MR) is 120 cm³/mol. The molecule has 0 spiro atoms. The summed E-state index contributed by atoms with van der Waals surface area (Å²) in [5.41, 5.74) is -0.180. The molecule has 14 heteroatoms. The van der Waals surface area contributed by atoms with Gasteiger partial charge in [-0.15, -0.1) is 0 Å². The minimum atomic E-state index is -3.76. The van der Waals surface area contributed by atoms with E-state index in [0.29, 0.717) is 72.7 Å². The van der Waals surface area contributed by atoms with Crippen molar-refractivity contribution in [1.82, 2.24) is 4.72 Å². The van der Waals surface area contributed by atoms with Crippen molar-refractivity contribution in [2.45, 2.75) is 4.90 Å². The molecule has 0 aromatic heterocycles. The van der Waals surface area contributed by atoms with Crippen molar-refractivity contribution in [1.29, 1.82) is 0 Å². The second-order valence-corrected chi connectivity index (χ2v) is 8.31. The van der Waals surface area contributed by atoms with Crippen LogP contribution in [-0.4, -0.2) is 111 Å². The maximum Gasteiger partial charge on any atom is 0.269 e. The largest absolute Gasteiger partial charge is 0.394 e. The van der Waals surface area contributed by atoms with E-state index in [2.05, 4.69) is 4.72 Å². The summed E-state index contributed by atoms with van der Waals surface area (Å²) in [7, 11) is -3.76. The van der Waals surface area contributed by atoms with Crippen LogP contribution < -0.4 is 4.72 Å². The van der Waals surface area contributed by atoms with Gasteiger partial charge in [-0.3, -0.25) is 10.1 Å². The number of nitro groups is 1. The van der Waals surface area contributed by atoms with E-state index >= 15 is 0 Å². The van der Waals surface area contributed by atoms with Crippen molar-refractivity contribution < 1.29 is 46.9 Å². The van der Waals surface area contributed by atoms with Crippen molar-refractivity contribution in [3.8, 4) is 0 Å². The normalized spacial score (nSPS) is 11.7. The summed E-state index contributed by atoms with van der Waals surface area (Å²) >= 11 is 0. The molecule has 2 N–H and O–H groups in total. The van der Waals surface area contributed by atoms with Gasteiger partial charge in [-0.05, 0) is 12.1 Å². The van der Waals surface area contributed by atoms with E-state index < -0.39 is 14.9 Å². The van der Waals surface area contributed by atoms with E-state index in [4.69, 9.17) is 33.5 Å². The summed E-state index contributed by atoms with van der Waals surface area (Å²) < 4.78 is 58.3. The Hall–Kier alpha value is -1.75. The minimum Gasteiger partial charge on any atom is -0.394 e. The molecule has 0 unspecified atom stereocenters. The zero-order valence-corrected chi connectivity index (χ0v) is 19.9. The van der Waals surface area contributed by atoms with E-state index in [1.54, 1.807) is 0 Å². The highest BCUT2D eigenvalue weighted by molar-refractivity contribution is 7.89. The first-order valence-corrected chi connectivity index (χ1v) is 12.3. The number of nitrogens with zero attached hydrogens (tertiary/aromatic N) is 1. The Morgan fingerprint density at radius 1 is 0.706 bits per heavy atom. The van der Waals surface area contributed by atoms with Crippen LogP contribution in [0, 0.1) is 10.1 Å². The van der Waals surface area contributed by atoms with E-state index in [1.165, 1.54) is 12.1 Å². The first-order valence-electron chi connectivity index (χ1n) is 10.8. The van der Waals surface area contributed by atoms with Crippen LogP contribution in [0.15, 0.2) is 29.2 Å². The molecule has 0 heterocycles. The van der Waals surface area contributed by atoms with Gasteiger partial charge in [0.2, 0.25) is 10.0 Å². The number of hydrogen-bond acceptors (Lipinski definition) is 11. The molecule has 0 amide bonds. The number of nitrogens with one attached hydrogen (secondary N) is 1. The van der Waals surface area contributed by atoms with Crippen LogP contribution in [0.25, 0.3) is 0 Å². The summed E-state index contributed by atoms with van der Waals surface area (Å²) in [4.78, 5) is 9.97. The number of rotatable bonds is 23. The molecule has 0 saturated heterocycles. The Labute approximate surface area is 199 Å². The highest BCUT2D eigenvalue weighted by Crippen LogP contribution is 2.15. The van der Waals surface area contributed by atoms with Gasteiger partial charge in [0.1, 0.15) is 0 Å². The number of nitro benzene ring substituents is 1. The molecule has 34 heavy (non-hydrogen) atoms. The van der Waals surface area contributed by atoms with Crippen LogP contribution in [0.2, 0.25) is 0 Å². The average molecular weight is 511 g/mol. The number of aliphatic hydroxyl groups excluding tert-OH is 1. The lowest BCUT2D eigenvalue weighted by Crippen LogP contribution is -2.27. The molecular formula is C20H34N2O11S. The summed E-state index contributed by atoms with van der Waals surface area (Å²) in [6.45, 7) is 4.69. The van der Waals surface area contributed by atoms with Gasteiger partial charge < -0.3 is 33.5 Å². The molecule has 0 atom stereocenters. The molecule has 13 nitrogen and oxygen atoms in total. The molecule has 0 fully saturated rings. The average Bonchev–Trinajstić information content (AvgIpc) is 2.83. The second-order valence-electron chi connectivity index (χ2n) is 6.55. The number of ether oxygens (including phenoxy) is 6. The lowest BCUT2D eigenvalue weighted by atomic mass is 10.3. The summed E-state index contributed by atoms with van der Waals surface area (Å²) in [6.07, 6.45) is 0. The zero-order chi connectivity index (χ0) is 24.9. The van der Waals surface area contributed by atoms with Crippen molar-refractivity contribution >= 4 is 15.7 Å². The fourth-order valence-electron chi connectivity index (χ4n) is 2.34. The number of sulfonamides is 1. The van der Waals surface area contributed by atoms with E-state index in [1.807, 2.05) is 0 Å². The van der Waals surface area contributed by atoms with Crippen molar-refractivity contribution in [2.75, 3.05) is 92.4 Å². The Morgan fingerprint density at radius 3 is 1.47 bits per heavy atom. The molecule has 0 saturated carbocycles. The smallest absolute Gasteiger partial charge is 0.269 e. The van der Waals surface area contributed by atoms with Gasteiger partial charge in [0.15, 0.2) is 0 Å². The molecule has 1 aromatic rings. The molecule has 0 aliphatic heterocycles. The van der Waals surface area contributed by atoms with Gasteiger partial charge in [-0.1, -0.05) is 0 Å². The maximum absolute atomic E-state index is 12.1. The summed E-state index contributed by atoms with van der Waals surface area (Å²) in [5, 5.41) is 19.2. The van der Waals surface area contributed by atoms with Gasteiger partial charge in [-0.2, -0.15) is 0 Å². The molecule has 1 aromatic carbocycles. The third-order valence-electron chi connectivity index (χ3n) is 3.99. The second kappa shape index (κ2) is 19.5. The standard InChI is InChI=1S/C20H34N2O11S/c23-6-8-29-10-12-31-14-16-33-18-17-32-15-13-30-11-9-28-7-5-21-34(26,27)20-3-1-19(2-4-20)22(24)25/h1-4,21,23H,5-18H2. The summed E-state index contributed by atoms with van der Waals surface area (Å²) in [6, 6.07) is 4.63. The topological polar surface area (TPSA) is 165 Å². The molecule has 196 valence electrons. The van der Waals surface area contributed by atoms with Gasteiger partial charge in [0.05, 0.1) is 95.7 Å². The zero-order valence-electron chi connectivity index (χ0n) is 19.1. The molecule has 0 bridgehead atoms. The van der Waals surface area contributed by atoms with E-state index in [-0.39, 0.29) is 30.3 Å². The first kappa shape index (κ1) is 30.3. The van der Waals surface area contributed by atoms with Crippen molar-refractivity contribution in [2.24, 2.45) is 0 Å². The van der Waals surface area contributed by atoms with Crippen LogP contribution in [0.4, 0.5) is 5.69 Å². The van der Waals surface area contributed by atoms with Gasteiger partial charge >= 0.3 is 0 Å². The fourth-order valence-corrected chi connectivity index (χ4v) is 3.36. The predicted octanol–water partition coefficient (Wildman–Crippen LogP) is -0.0350. The fraction of sp³-hybridized carbons (Fsp3) is 0.700. The number of benzene rings is 1. The minimum absolute atomic E-state index is 0.00311. The van der Waals surface area contributed by atoms with Crippen molar-refractivity contribution in [3.05, 3.63) is 34.4 Å². The lowest BCUT2D eigenvalue weighted by molar-refractivity contribution is -0.384. The Bertz CT molecular complexity index is 747. The van der Waals surface area contributed by atoms with Gasteiger partial charge in [0.25, 0.3) is 5.69 Å². The highest BCUT2D eigenvalue weighted by Gasteiger charge is 2.15.